The van der Waals surface area contributed by atoms with Crippen LogP contribution in [0, 0.1) is 18.3 Å². The summed E-state index contributed by atoms with van der Waals surface area (Å²) in [6, 6.07) is 0. The maximum atomic E-state index is 13.3. The Kier molecular flexibility index (Phi) is 8.64. The predicted molar refractivity (Wildman–Crippen MR) is 131 cm³/mol. The Labute approximate surface area is 214 Å². The molecule has 2 aliphatic heterocycles. The molecular formula is C24H29BF5NO5S. The van der Waals surface area contributed by atoms with Crippen LogP contribution in [-0.4, -0.2) is 56.9 Å². The van der Waals surface area contributed by atoms with Gasteiger partial charge < -0.3 is 14.0 Å². The Morgan fingerprint density at radius 2 is 1.78 bits per heavy atom. The molecule has 13 heteroatoms. The van der Waals surface area contributed by atoms with Crippen molar-refractivity contribution in [2.75, 3.05) is 12.4 Å². The zero-order valence-corrected chi connectivity index (χ0v) is 22.0. The molecule has 0 spiro atoms. The third-order valence-electron chi connectivity index (χ3n) is 6.36. The molecule has 2 aliphatic rings. The Bertz CT molecular complexity index is 1180. The summed E-state index contributed by atoms with van der Waals surface area (Å²) in [7, 11) is -4.84. The van der Waals surface area contributed by atoms with Crippen LogP contribution in [0.25, 0.3) is 0 Å². The van der Waals surface area contributed by atoms with Crippen molar-refractivity contribution in [3.05, 3.63) is 47.1 Å². The summed E-state index contributed by atoms with van der Waals surface area (Å²) in [6.45, 7) is 14.5. The van der Waals surface area contributed by atoms with Crippen LogP contribution >= 0.6 is 0 Å². The van der Waals surface area contributed by atoms with E-state index in [1.807, 2.05) is 27.7 Å². The molecular weight excluding hydrogens is 520 g/mol. The monoisotopic (exact) mass is 549 g/mol. The smallest absolute Gasteiger partial charge is 0.488 e. The van der Waals surface area contributed by atoms with Crippen molar-refractivity contribution >= 4 is 22.7 Å². The second-order valence-corrected chi connectivity index (χ2v) is 11.8. The van der Waals surface area contributed by atoms with E-state index in [9.17, 15) is 30.4 Å². The molecule has 0 amide bonds. The van der Waals surface area contributed by atoms with Crippen molar-refractivity contribution in [1.82, 2.24) is 0 Å². The second-order valence-electron chi connectivity index (χ2n) is 9.58. The standard InChI is InChI=1S/C24H29BF5NO5S/c1-9-17-12-18(31-13-19(17)34-14-23(26,27)24(28,29)30)16(4)20(37(32,33)10-2)11-15(3)25-35-21(5,6)22(7,8)36-25/h1,11,13,17H,3-4,10,12,14H2,2,5-8H3/b20-11+. The van der Waals surface area contributed by atoms with Gasteiger partial charge in [0.25, 0.3) is 0 Å². The fourth-order valence-electron chi connectivity index (χ4n) is 3.21. The molecule has 0 aromatic rings. The number of sulfone groups is 1. The first-order valence-corrected chi connectivity index (χ1v) is 12.8. The van der Waals surface area contributed by atoms with Crippen LogP contribution in [-0.2, 0) is 23.9 Å². The van der Waals surface area contributed by atoms with Crippen molar-refractivity contribution in [1.29, 1.82) is 0 Å². The highest BCUT2D eigenvalue weighted by Crippen LogP contribution is 2.40. The first kappa shape index (κ1) is 30.8. The van der Waals surface area contributed by atoms with Gasteiger partial charge in [0.15, 0.2) is 16.4 Å². The molecule has 0 radical (unpaired) electrons. The van der Waals surface area contributed by atoms with Crippen LogP contribution in [0.2, 0.25) is 0 Å². The van der Waals surface area contributed by atoms with Crippen LogP contribution < -0.4 is 0 Å². The zero-order valence-electron chi connectivity index (χ0n) is 21.2. The van der Waals surface area contributed by atoms with Crippen molar-refractivity contribution in [2.45, 2.75) is 64.3 Å². The number of halogens is 5. The number of nitrogens with zero attached hydrogens (tertiary/aromatic N) is 1. The first-order valence-electron chi connectivity index (χ1n) is 11.2. The number of alkyl halides is 5. The fraction of sp³-hybridized carbons (Fsp3) is 0.542. The van der Waals surface area contributed by atoms with E-state index in [0.29, 0.717) is 0 Å². The van der Waals surface area contributed by atoms with E-state index >= 15 is 0 Å². The minimum atomic E-state index is -5.80. The van der Waals surface area contributed by atoms with Crippen LogP contribution in [0.1, 0.15) is 41.0 Å². The van der Waals surface area contributed by atoms with Gasteiger partial charge in [0.05, 0.1) is 39.7 Å². The van der Waals surface area contributed by atoms with Gasteiger partial charge in [0.1, 0.15) is 5.76 Å². The summed E-state index contributed by atoms with van der Waals surface area (Å²) < 4.78 is 106. The summed E-state index contributed by atoms with van der Waals surface area (Å²) in [6.07, 6.45) is 1.58. The molecule has 0 saturated carbocycles. The molecule has 0 aromatic heterocycles. The molecule has 1 unspecified atom stereocenters. The van der Waals surface area contributed by atoms with E-state index in [2.05, 4.69) is 28.8 Å². The van der Waals surface area contributed by atoms with Gasteiger partial charge >= 0.3 is 19.2 Å². The van der Waals surface area contributed by atoms with Crippen molar-refractivity contribution in [2.24, 2.45) is 10.9 Å². The highest BCUT2D eigenvalue weighted by Gasteiger charge is 2.58. The molecule has 0 bridgehead atoms. The SMILES string of the molecule is C#CC1CC(C(=C)/C(=C\C(=C)B2OC(C)(C)C(C)(C)O2)S(=O)(=O)CC)=NC=C1OCC(F)(F)C(F)(F)F. The number of allylic oxidation sites excluding steroid dienone is 4. The largest absolute Gasteiger partial charge is 0.494 e. The van der Waals surface area contributed by atoms with E-state index in [4.69, 9.17) is 15.7 Å². The van der Waals surface area contributed by atoms with Crippen molar-refractivity contribution < 1.29 is 44.4 Å². The number of rotatable bonds is 9. The molecule has 0 aliphatic carbocycles. The van der Waals surface area contributed by atoms with E-state index in [0.717, 1.165) is 6.20 Å². The molecule has 1 saturated heterocycles. The summed E-state index contributed by atoms with van der Waals surface area (Å²) in [5, 5.41) is 0. The van der Waals surface area contributed by atoms with E-state index < -0.39 is 52.8 Å². The molecule has 1 atom stereocenters. The van der Waals surface area contributed by atoms with E-state index in [-0.39, 0.29) is 39.6 Å². The summed E-state index contributed by atoms with van der Waals surface area (Å²) in [5.41, 5.74) is -1.16. The van der Waals surface area contributed by atoms with Crippen LogP contribution in [0.4, 0.5) is 22.0 Å². The predicted octanol–water partition coefficient (Wildman–Crippen LogP) is 5.20. The molecule has 6 nitrogen and oxygen atoms in total. The Morgan fingerprint density at radius 1 is 1.24 bits per heavy atom. The molecule has 1 fully saturated rings. The summed E-state index contributed by atoms with van der Waals surface area (Å²) >= 11 is 0. The molecule has 2 heterocycles. The van der Waals surface area contributed by atoms with Crippen LogP contribution in [0.5, 0.6) is 0 Å². The van der Waals surface area contributed by atoms with Gasteiger partial charge in [-0.25, -0.2) is 8.42 Å². The number of ether oxygens (including phenoxy) is 1. The van der Waals surface area contributed by atoms with Gasteiger partial charge in [0, 0.05) is 12.0 Å². The zero-order chi connectivity index (χ0) is 28.6. The summed E-state index contributed by atoms with van der Waals surface area (Å²) in [4.78, 5) is 3.77. The van der Waals surface area contributed by atoms with Gasteiger partial charge in [-0.15, -0.1) is 6.42 Å². The number of terminal acetylenes is 1. The maximum Gasteiger partial charge on any atom is 0.494 e. The lowest BCUT2D eigenvalue weighted by Gasteiger charge is -2.32. The fourth-order valence-corrected chi connectivity index (χ4v) is 4.34. The molecule has 0 N–H and O–H groups in total. The maximum absolute atomic E-state index is 13.3. The third kappa shape index (κ3) is 6.53. The average molecular weight is 549 g/mol. The van der Waals surface area contributed by atoms with E-state index in [1.54, 1.807) is 0 Å². The normalized spacial score (nSPS) is 22.1. The van der Waals surface area contributed by atoms with Gasteiger partial charge in [-0.2, -0.15) is 22.0 Å². The number of hydrogen-bond acceptors (Lipinski definition) is 6. The van der Waals surface area contributed by atoms with Crippen LogP contribution in [0.3, 0.4) is 0 Å². The first-order chi connectivity index (χ1) is 16.7. The molecule has 2 rings (SSSR count). The van der Waals surface area contributed by atoms with Gasteiger partial charge in [-0.1, -0.05) is 26.0 Å². The van der Waals surface area contributed by atoms with Crippen LogP contribution in [0.15, 0.2) is 52.1 Å². The van der Waals surface area contributed by atoms with Gasteiger partial charge in [0.2, 0.25) is 0 Å². The topological polar surface area (TPSA) is 74.2 Å². The van der Waals surface area contributed by atoms with Gasteiger partial charge in [-0.05, 0) is 39.2 Å². The highest BCUT2D eigenvalue weighted by atomic mass is 32.2. The summed E-state index contributed by atoms with van der Waals surface area (Å²) in [5.74, 6) is -4.61. The Morgan fingerprint density at radius 3 is 2.24 bits per heavy atom. The minimum absolute atomic E-state index is 0.0457. The Hall–Kier alpha value is -2.43. The second kappa shape index (κ2) is 10.4. The molecule has 204 valence electrons. The Balaban J connectivity index is 2.37. The lowest BCUT2D eigenvalue weighted by Crippen LogP contribution is -2.41. The minimum Gasteiger partial charge on any atom is -0.488 e. The average Bonchev–Trinajstić information content (AvgIpc) is 3.01. The molecule has 0 aromatic carbocycles. The molecule has 37 heavy (non-hydrogen) atoms. The van der Waals surface area contributed by atoms with E-state index in [1.165, 1.54) is 13.0 Å². The number of aliphatic imine (C=N–C) groups is 1. The van der Waals surface area contributed by atoms with Gasteiger partial charge in [-0.3, -0.25) is 4.99 Å². The third-order valence-corrected chi connectivity index (χ3v) is 8.15. The highest BCUT2D eigenvalue weighted by molar-refractivity contribution is 7.95. The van der Waals surface area contributed by atoms with Crippen molar-refractivity contribution in [3.63, 3.8) is 0 Å². The lowest BCUT2D eigenvalue weighted by atomic mass is 9.79. The number of hydrogen-bond donors (Lipinski definition) is 0. The lowest BCUT2D eigenvalue weighted by molar-refractivity contribution is -0.294. The quantitative estimate of drug-likeness (QED) is 0.171. The van der Waals surface area contributed by atoms with Crippen molar-refractivity contribution in [3.8, 4) is 12.3 Å².